The number of hydrogen-bond donors (Lipinski definition) is 2. The minimum absolute atomic E-state index is 0.0111. The van der Waals surface area contributed by atoms with Gasteiger partial charge >= 0.3 is 11.9 Å². The summed E-state index contributed by atoms with van der Waals surface area (Å²) in [6.07, 6.45) is -3.38. The molecule has 8 unspecified atom stereocenters. The summed E-state index contributed by atoms with van der Waals surface area (Å²) in [5.74, 6) is -3.42. The molecule has 1 saturated heterocycles. The number of carbonyl (C=O) groups is 3. The fourth-order valence-electron chi connectivity index (χ4n) is 8.64. The molecule has 2 N–H and O–H groups in total. The van der Waals surface area contributed by atoms with E-state index in [1.165, 1.54) is 21.1 Å². The van der Waals surface area contributed by atoms with E-state index in [4.69, 9.17) is 23.7 Å². The van der Waals surface area contributed by atoms with Crippen molar-refractivity contribution < 1.29 is 48.3 Å². The predicted octanol–water partition coefficient (Wildman–Crippen LogP) is 2.64. The Bertz CT molecular complexity index is 1290. The molecule has 0 spiro atoms. The quantitative estimate of drug-likeness (QED) is 0.378. The fourth-order valence-corrected chi connectivity index (χ4v) is 8.64. The Kier molecular flexibility index (Phi) is 7.72. The summed E-state index contributed by atoms with van der Waals surface area (Å²) in [5.41, 5.74) is -4.22. The zero-order chi connectivity index (χ0) is 30.8. The summed E-state index contributed by atoms with van der Waals surface area (Å²) in [4.78, 5) is 40.8. The number of hydrogen-bond acceptors (Lipinski definition) is 10. The van der Waals surface area contributed by atoms with Crippen molar-refractivity contribution in [1.82, 2.24) is 0 Å². The molecule has 0 radical (unpaired) electrons. The smallest absolute Gasteiger partial charge is 0.338 e. The largest absolute Gasteiger partial charge is 0.462 e. The SMILES string of the molecule is COC1C(=O)[C@]2(C)C(OC)CC3OCC3(OC(C)=O)C2C(COC(=O)c2ccccc2)C2(O)CC(O)C(C)=C1C2(C)C. The van der Waals surface area contributed by atoms with Gasteiger partial charge in [-0.15, -0.1) is 0 Å². The number of benzene rings is 1. The standard InChI is InChI=1S/C32H42O10/c1-17-21(34)14-32(37)20(15-40-28(36)19-11-9-8-10-12-19)26-30(5,27(35)25(39-7)24(17)29(32,3)4)22(38-6)13-23-31(26,16-41-23)42-18(2)33/h8-12,20-23,25-26,34,37H,13-16H2,1-7H3/t20?,21?,22?,23?,25?,26?,30-,31?,32?/m1/s1. The number of carbonyl (C=O) groups excluding carboxylic acids is 3. The van der Waals surface area contributed by atoms with E-state index in [1.807, 2.05) is 13.8 Å². The Morgan fingerprint density at radius 2 is 1.76 bits per heavy atom. The second-order valence-electron chi connectivity index (χ2n) is 13.0. The van der Waals surface area contributed by atoms with Crippen LogP contribution in [0.5, 0.6) is 0 Å². The van der Waals surface area contributed by atoms with Crippen LogP contribution >= 0.6 is 0 Å². The molecule has 1 aromatic carbocycles. The summed E-state index contributed by atoms with van der Waals surface area (Å²) in [6.45, 7) is 8.11. The van der Waals surface area contributed by atoms with Crippen LogP contribution in [-0.4, -0.2) is 91.0 Å². The molecule has 2 bridgehead atoms. The predicted molar refractivity (Wildman–Crippen MR) is 149 cm³/mol. The average molecular weight is 587 g/mol. The average Bonchev–Trinajstić information content (AvgIpc) is 2.93. The molecule has 0 amide bonds. The van der Waals surface area contributed by atoms with Crippen LogP contribution in [0.2, 0.25) is 0 Å². The molecule has 0 aromatic heterocycles. The molecule has 2 saturated carbocycles. The van der Waals surface area contributed by atoms with Gasteiger partial charge in [-0.2, -0.15) is 0 Å². The number of fused-ring (bicyclic) bond motifs is 5. The molecule has 5 rings (SSSR count). The number of methoxy groups -OCH3 is 2. The Morgan fingerprint density at radius 3 is 2.31 bits per heavy atom. The van der Waals surface area contributed by atoms with Crippen LogP contribution in [0.3, 0.4) is 0 Å². The van der Waals surface area contributed by atoms with Gasteiger partial charge in [-0.3, -0.25) is 9.59 Å². The van der Waals surface area contributed by atoms with E-state index in [-0.39, 0.29) is 31.8 Å². The van der Waals surface area contributed by atoms with E-state index in [2.05, 4.69) is 0 Å². The number of ether oxygens (including phenoxy) is 5. The van der Waals surface area contributed by atoms with Crippen molar-refractivity contribution in [3.63, 3.8) is 0 Å². The van der Waals surface area contributed by atoms with Crippen molar-refractivity contribution in [3.8, 4) is 0 Å². The number of aliphatic hydroxyl groups is 2. The van der Waals surface area contributed by atoms with E-state index in [1.54, 1.807) is 44.2 Å². The Balaban J connectivity index is 1.78. The van der Waals surface area contributed by atoms with Crippen LogP contribution in [0, 0.1) is 22.7 Å². The third-order valence-corrected chi connectivity index (χ3v) is 10.8. The van der Waals surface area contributed by atoms with Gasteiger partial charge in [-0.05, 0) is 37.1 Å². The molecule has 4 aliphatic rings. The minimum Gasteiger partial charge on any atom is -0.462 e. The van der Waals surface area contributed by atoms with Gasteiger partial charge in [0.25, 0.3) is 0 Å². The summed E-state index contributed by atoms with van der Waals surface area (Å²) < 4.78 is 29.9. The number of esters is 2. The lowest BCUT2D eigenvalue weighted by Crippen LogP contribution is -2.80. The molecule has 1 aromatic rings. The lowest BCUT2D eigenvalue weighted by atomic mass is 9.42. The highest BCUT2D eigenvalue weighted by Crippen LogP contribution is 2.65. The topological polar surface area (TPSA) is 138 Å². The highest BCUT2D eigenvalue weighted by atomic mass is 16.6. The Morgan fingerprint density at radius 1 is 1.10 bits per heavy atom. The molecule has 42 heavy (non-hydrogen) atoms. The van der Waals surface area contributed by atoms with Crippen LogP contribution in [0.4, 0.5) is 0 Å². The van der Waals surface area contributed by atoms with Crippen LogP contribution in [0.1, 0.15) is 57.8 Å². The number of Topliss-reactive ketones (excluding diaryl/α,β-unsaturated/α-hetero) is 1. The van der Waals surface area contributed by atoms with Crippen LogP contribution in [-0.2, 0) is 33.3 Å². The monoisotopic (exact) mass is 586 g/mol. The molecule has 1 aliphatic heterocycles. The van der Waals surface area contributed by atoms with Crippen molar-refractivity contribution >= 4 is 17.7 Å². The van der Waals surface area contributed by atoms with E-state index in [0.717, 1.165) is 0 Å². The molecule has 1 heterocycles. The lowest BCUT2D eigenvalue weighted by Gasteiger charge is -2.68. The maximum atomic E-state index is 14.9. The zero-order valence-electron chi connectivity index (χ0n) is 25.3. The molecule has 9 atom stereocenters. The summed E-state index contributed by atoms with van der Waals surface area (Å²) in [6, 6.07) is 8.48. The van der Waals surface area contributed by atoms with E-state index in [9.17, 15) is 24.6 Å². The fraction of sp³-hybridized carbons (Fsp3) is 0.656. The number of rotatable bonds is 6. The molecule has 3 fully saturated rings. The van der Waals surface area contributed by atoms with Crippen molar-refractivity contribution in [1.29, 1.82) is 0 Å². The van der Waals surface area contributed by atoms with Crippen molar-refractivity contribution in [2.24, 2.45) is 22.7 Å². The van der Waals surface area contributed by atoms with Gasteiger partial charge < -0.3 is 33.9 Å². The third-order valence-electron chi connectivity index (χ3n) is 10.8. The number of aliphatic hydroxyl groups excluding tert-OH is 1. The molecule has 10 heteroatoms. The van der Waals surface area contributed by atoms with Crippen molar-refractivity contribution in [2.45, 2.75) is 83.1 Å². The van der Waals surface area contributed by atoms with Gasteiger partial charge in [0.05, 0.1) is 42.0 Å². The van der Waals surface area contributed by atoms with Crippen molar-refractivity contribution in [3.05, 3.63) is 47.0 Å². The maximum Gasteiger partial charge on any atom is 0.338 e. The second-order valence-corrected chi connectivity index (χ2v) is 13.0. The third kappa shape index (κ3) is 4.13. The lowest BCUT2D eigenvalue weighted by molar-refractivity contribution is -0.343. The highest BCUT2D eigenvalue weighted by molar-refractivity contribution is 5.94. The molecule has 230 valence electrons. The van der Waals surface area contributed by atoms with E-state index < -0.39 is 70.2 Å². The van der Waals surface area contributed by atoms with Crippen molar-refractivity contribution in [2.75, 3.05) is 27.4 Å². The van der Waals surface area contributed by atoms with Crippen LogP contribution in [0.15, 0.2) is 41.5 Å². The maximum absolute atomic E-state index is 14.9. The Labute approximate surface area is 246 Å². The minimum atomic E-state index is -1.75. The van der Waals surface area contributed by atoms with Crippen LogP contribution in [0.25, 0.3) is 0 Å². The van der Waals surface area contributed by atoms with Crippen LogP contribution < -0.4 is 0 Å². The molecular formula is C32H42O10. The first-order valence-corrected chi connectivity index (χ1v) is 14.5. The summed E-state index contributed by atoms with van der Waals surface area (Å²) in [5, 5.41) is 24.3. The first-order chi connectivity index (χ1) is 19.7. The van der Waals surface area contributed by atoms with Gasteiger partial charge in [0.1, 0.15) is 12.2 Å². The van der Waals surface area contributed by atoms with Gasteiger partial charge in [-0.1, -0.05) is 32.0 Å². The molecule has 3 aliphatic carbocycles. The molecule has 10 nitrogen and oxygen atoms in total. The second kappa shape index (κ2) is 10.5. The first kappa shape index (κ1) is 30.8. The first-order valence-electron chi connectivity index (χ1n) is 14.5. The summed E-state index contributed by atoms with van der Waals surface area (Å²) in [7, 11) is 2.94. The van der Waals surface area contributed by atoms with Gasteiger partial charge in [0, 0.05) is 51.2 Å². The van der Waals surface area contributed by atoms with Gasteiger partial charge in [0.15, 0.2) is 11.4 Å². The molecular weight excluding hydrogens is 544 g/mol. The zero-order valence-corrected chi connectivity index (χ0v) is 25.3. The van der Waals surface area contributed by atoms with E-state index in [0.29, 0.717) is 16.7 Å². The van der Waals surface area contributed by atoms with Gasteiger partial charge in [0.2, 0.25) is 0 Å². The van der Waals surface area contributed by atoms with E-state index >= 15 is 0 Å². The highest BCUT2D eigenvalue weighted by Gasteiger charge is 2.77. The normalized spacial score (nSPS) is 40.5. The number of ketones is 1. The van der Waals surface area contributed by atoms with Gasteiger partial charge in [-0.25, -0.2) is 4.79 Å². The summed E-state index contributed by atoms with van der Waals surface area (Å²) >= 11 is 0. The Hall–Kier alpha value is -2.63.